The number of hydrogen-bond acceptors (Lipinski definition) is 4. The van der Waals surface area contributed by atoms with Gasteiger partial charge in [0.1, 0.15) is 11.6 Å². The molecule has 106 valence electrons. The van der Waals surface area contributed by atoms with E-state index in [9.17, 15) is 9.50 Å². The zero-order valence-corrected chi connectivity index (χ0v) is 13.5. The van der Waals surface area contributed by atoms with Crippen molar-refractivity contribution in [2.24, 2.45) is 0 Å². The van der Waals surface area contributed by atoms with Crippen LogP contribution in [-0.2, 0) is 0 Å². The van der Waals surface area contributed by atoms with Crippen LogP contribution in [0.15, 0.2) is 49.9 Å². The summed E-state index contributed by atoms with van der Waals surface area (Å²) in [5.74, 6) is 0.0140. The third-order valence-electron chi connectivity index (χ3n) is 2.74. The number of halogens is 3. The molecule has 0 radical (unpaired) electrons. The molecule has 0 aliphatic heterocycles. The second-order valence-electron chi connectivity index (χ2n) is 4.24. The summed E-state index contributed by atoms with van der Waals surface area (Å²) in [5, 5.41) is 13.7. The summed E-state index contributed by atoms with van der Waals surface area (Å²) in [4.78, 5) is 4.18. The van der Waals surface area contributed by atoms with Crippen molar-refractivity contribution in [3.8, 4) is 28.6 Å². The standard InChI is InChI=1S/C14H7Br2FN2O2/c15-8-1-2-11(12(20)6-8)14-18-13(19-21-14)7-3-9(16)5-10(17)4-7/h1-6,20H. The molecule has 3 aromatic rings. The third kappa shape index (κ3) is 2.98. The van der Waals surface area contributed by atoms with Gasteiger partial charge in [0.05, 0.1) is 5.56 Å². The van der Waals surface area contributed by atoms with Crippen molar-refractivity contribution in [1.82, 2.24) is 10.1 Å². The van der Waals surface area contributed by atoms with Crippen LogP contribution in [0.25, 0.3) is 22.8 Å². The molecular weight excluding hydrogens is 407 g/mol. The van der Waals surface area contributed by atoms with Crippen molar-refractivity contribution < 1.29 is 14.0 Å². The zero-order chi connectivity index (χ0) is 15.0. The van der Waals surface area contributed by atoms with E-state index in [1.54, 1.807) is 18.2 Å². The molecule has 4 nitrogen and oxygen atoms in total. The van der Waals surface area contributed by atoms with Gasteiger partial charge in [0.2, 0.25) is 5.82 Å². The highest BCUT2D eigenvalue weighted by Gasteiger charge is 2.15. The summed E-state index contributed by atoms with van der Waals surface area (Å²) >= 11 is 6.46. The molecule has 0 saturated heterocycles. The molecule has 7 heteroatoms. The fourth-order valence-corrected chi connectivity index (χ4v) is 2.63. The number of benzene rings is 2. The number of rotatable bonds is 2. The molecule has 1 heterocycles. The fraction of sp³-hybridized carbons (Fsp3) is 0. The molecule has 1 aromatic heterocycles. The summed E-state index contributed by atoms with van der Waals surface area (Å²) in [6, 6.07) is 9.25. The minimum Gasteiger partial charge on any atom is -0.507 e. The van der Waals surface area contributed by atoms with Crippen LogP contribution in [-0.4, -0.2) is 15.2 Å². The molecule has 0 spiro atoms. The van der Waals surface area contributed by atoms with Crippen molar-refractivity contribution in [2.45, 2.75) is 0 Å². The van der Waals surface area contributed by atoms with Crippen LogP contribution in [0, 0.1) is 5.82 Å². The molecule has 1 N–H and O–H groups in total. The average Bonchev–Trinajstić information content (AvgIpc) is 2.87. The number of phenolic OH excluding ortho intramolecular Hbond substituents is 1. The first kappa shape index (κ1) is 14.2. The van der Waals surface area contributed by atoms with Gasteiger partial charge in [-0.05, 0) is 36.4 Å². The second kappa shape index (κ2) is 5.57. The Bertz CT molecular complexity index is 800. The number of aromatic nitrogens is 2. The van der Waals surface area contributed by atoms with Gasteiger partial charge in [-0.3, -0.25) is 0 Å². The van der Waals surface area contributed by atoms with Crippen LogP contribution >= 0.6 is 31.9 Å². The molecule has 0 fully saturated rings. The first-order valence-electron chi connectivity index (χ1n) is 5.82. The quantitative estimate of drug-likeness (QED) is 0.657. The van der Waals surface area contributed by atoms with Crippen molar-refractivity contribution in [1.29, 1.82) is 0 Å². The van der Waals surface area contributed by atoms with E-state index in [0.717, 1.165) is 4.47 Å². The first-order chi connectivity index (χ1) is 10.0. The minimum atomic E-state index is -0.405. The summed E-state index contributed by atoms with van der Waals surface area (Å²) in [6.07, 6.45) is 0. The Morgan fingerprint density at radius 2 is 1.86 bits per heavy atom. The van der Waals surface area contributed by atoms with Gasteiger partial charge in [0.15, 0.2) is 0 Å². The van der Waals surface area contributed by atoms with Gasteiger partial charge in [0, 0.05) is 14.5 Å². The second-order valence-corrected chi connectivity index (χ2v) is 6.07. The van der Waals surface area contributed by atoms with Gasteiger partial charge in [0.25, 0.3) is 5.89 Å². The molecule has 0 atom stereocenters. The molecule has 3 rings (SSSR count). The van der Waals surface area contributed by atoms with E-state index in [0.29, 0.717) is 15.6 Å². The molecule has 0 unspecified atom stereocenters. The summed E-state index contributed by atoms with van der Waals surface area (Å²) in [5.41, 5.74) is 0.890. The lowest BCUT2D eigenvalue weighted by atomic mass is 10.2. The molecule has 0 aliphatic carbocycles. The van der Waals surface area contributed by atoms with Crippen molar-refractivity contribution in [2.75, 3.05) is 0 Å². The highest BCUT2D eigenvalue weighted by atomic mass is 79.9. The maximum absolute atomic E-state index is 13.4. The number of hydrogen-bond donors (Lipinski definition) is 1. The van der Waals surface area contributed by atoms with E-state index < -0.39 is 5.82 Å². The Kier molecular flexibility index (Phi) is 3.77. The minimum absolute atomic E-state index is 0.0139. The molecule has 2 aromatic carbocycles. The predicted octanol–water partition coefficient (Wildman–Crippen LogP) is 4.77. The fourth-order valence-electron chi connectivity index (χ4n) is 1.82. The van der Waals surface area contributed by atoms with Crippen LogP contribution in [0.2, 0.25) is 0 Å². The smallest absolute Gasteiger partial charge is 0.261 e. The van der Waals surface area contributed by atoms with Gasteiger partial charge < -0.3 is 9.63 Å². The number of phenols is 1. The Hall–Kier alpha value is -1.73. The van der Waals surface area contributed by atoms with Crippen LogP contribution in [0.1, 0.15) is 0 Å². The Morgan fingerprint density at radius 3 is 2.57 bits per heavy atom. The molecule has 21 heavy (non-hydrogen) atoms. The summed E-state index contributed by atoms with van der Waals surface area (Å²) < 4.78 is 19.8. The van der Waals surface area contributed by atoms with E-state index in [-0.39, 0.29) is 17.5 Å². The molecule has 0 amide bonds. The molecule has 0 aliphatic rings. The van der Waals surface area contributed by atoms with Gasteiger partial charge in [-0.1, -0.05) is 37.0 Å². The van der Waals surface area contributed by atoms with Gasteiger partial charge >= 0.3 is 0 Å². The Labute approximate surface area is 135 Å². The van der Waals surface area contributed by atoms with Crippen LogP contribution in [0.3, 0.4) is 0 Å². The van der Waals surface area contributed by atoms with E-state index in [1.165, 1.54) is 18.2 Å². The lowest BCUT2D eigenvalue weighted by molar-refractivity contribution is 0.425. The lowest BCUT2D eigenvalue weighted by Crippen LogP contribution is -1.84. The Morgan fingerprint density at radius 1 is 1.05 bits per heavy atom. The monoisotopic (exact) mass is 412 g/mol. The highest BCUT2D eigenvalue weighted by molar-refractivity contribution is 9.10. The topological polar surface area (TPSA) is 59.2 Å². The van der Waals surface area contributed by atoms with Gasteiger partial charge in [-0.2, -0.15) is 4.98 Å². The molecule has 0 saturated carbocycles. The van der Waals surface area contributed by atoms with Gasteiger partial charge in [-0.25, -0.2) is 4.39 Å². The largest absolute Gasteiger partial charge is 0.507 e. The third-order valence-corrected chi connectivity index (χ3v) is 3.69. The van der Waals surface area contributed by atoms with Crippen molar-refractivity contribution in [3.63, 3.8) is 0 Å². The number of aromatic hydroxyl groups is 1. The van der Waals surface area contributed by atoms with Crippen LogP contribution in [0.5, 0.6) is 5.75 Å². The summed E-state index contributed by atoms with van der Waals surface area (Å²) in [6.45, 7) is 0. The van der Waals surface area contributed by atoms with E-state index in [2.05, 4.69) is 42.0 Å². The van der Waals surface area contributed by atoms with Crippen molar-refractivity contribution >= 4 is 31.9 Å². The normalized spacial score (nSPS) is 10.8. The van der Waals surface area contributed by atoms with Gasteiger partial charge in [-0.15, -0.1) is 0 Å². The van der Waals surface area contributed by atoms with Crippen LogP contribution in [0.4, 0.5) is 4.39 Å². The molecular formula is C14H7Br2FN2O2. The first-order valence-corrected chi connectivity index (χ1v) is 7.40. The van der Waals surface area contributed by atoms with E-state index in [1.807, 2.05) is 0 Å². The highest BCUT2D eigenvalue weighted by Crippen LogP contribution is 2.32. The Balaban J connectivity index is 2.03. The maximum Gasteiger partial charge on any atom is 0.261 e. The molecule has 0 bridgehead atoms. The van der Waals surface area contributed by atoms with E-state index >= 15 is 0 Å². The average molecular weight is 414 g/mol. The van der Waals surface area contributed by atoms with Crippen LogP contribution < -0.4 is 0 Å². The zero-order valence-electron chi connectivity index (χ0n) is 10.3. The van der Waals surface area contributed by atoms with Crippen molar-refractivity contribution in [3.05, 3.63) is 51.2 Å². The maximum atomic E-state index is 13.4. The lowest BCUT2D eigenvalue weighted by Gasteiger charge is -1.99. The SMILES string of the molecule is Oc1cc(Br)ccc1-c1nc(-c2cc(F)cc(Br)c2)no1. The number of nitrogens with zero attached hydrogens (tertiary/aromatic N) is 2. The predicted molar refractivity (Wildman–Crippen MR) is 82.2 cm³/mol. The summed E-state index contributed by atoms with van der Waals surface area (Å²) in [7, 11) is 0. The van der Waals surface area contributed by atoms with E-state index in [4.69, 9.17) is 4.52 Å².